The van der Waals surface area contributed by atoms with Crippen molar-refractivity contribution in [3.05, 3.63) is 28.2 Å². The Hall–Kier alpha value is -1.18. The Labute approximate surface area is 84.1 Å². The van der Waals surface area contributed by atoms with Crippen molar-refractivity contribution in [1.29, 1.82) is 5.26 Å². The number of aromatic nitrogens is 1. The quantitative estimate of drug-likeness (QED) is 0.719. The summed E-state index contributed by atoms with van der Waals surface area (Å²) in [7, 11) is 0. The summed E-state index contributed by atoms with van der Waals surface area (Å²) in [4.78, 5) is 6.46. The minimum Gasteiger partial charge on any atom is -0.231 e. The number of nitriles is 1. The van der Waals surface area contributed by atoms with Crippen LogP contribution in [0.5, 0.6) is 0 Å². The van der Waals surface area contributed by atoms with Gasteiger partial charge >= 0.3 is 0 Å². The Kier molecular flexibility index (Phi) is 2.13. The summed E-state index contributed by atoms with van der Waals surface area (Å²) in [5.41, 5.74) is 0.948. The van der Waals surface area contributed by atoms with Crippen LogP contribution in [0.15, 0.2) is 17.5 Å². The summed E-state index contributed by atoms with van der Waals surface area (Å²) in [6.07, 6.45) is 0. The van der Waals surface area contributed by atoms with Gasteiger partial charge in [-0.1, -0.05) is 6.07 Å². The number of hydrogen-bond acceptors (Lipinski definition) is 4. The average Bonchev–Trinajstić information content (AvgIpc) is 2.72. The van der Waals surface area contributed by atoms with E-state index in [9.17, 15) is 0 Å². The molecule has 0 amide bonds. The first kappa shape index (κ1) is 8.42. The molecule has 0 unspecified atom stereocenters. The van der Waals surface area contributed by atoms with Gasteiger partial charge in [-0.15, -0.1) is 22.7 Å². The smallest absolute Gasteiger partial charge is 0.195 e. The zero-order chi connectivity index (χ0) is 9.26. The summed E-state index contributed by atoms with van der Waals surface area (Å²) < 4.78 is 0. The number of nitrogens with zero attached hydrogens (tertiary/aromatic N) is 2. The molecule has 0 aromatic carbocycles. The van der Waals surface area contributed by atoms with Crippen molar-refractivity contribution >= 4 is 22.7 Å². The molecule has 0 bridgehead atoms. The maximum absolute atomic E-state index is 8.67. The van der Waals surface area contributed by atoms with Crippen molar-refractivity contribution in [2.24, 2.45) is 0 Å². The van der Waals surface area contributed by atoms with Crippen LogP contribution in [-0.4, -0.2) is 4.98 Å². The van der Waals surface area contributed by atoms with E-state index in [2.05, 4.69) is 11.1 Å². The number of aryl methyl sites for hydroxylation is 1. The van der Waals surface area contributed by atoms with Crippen molar-refractivity contribution in [3.8, 4) is 15.8 Å². The lowest BCUT2D eigenvalue weighted by atomic mass is 10.3. The predicted octanol–water partition coefficient (Wildman–Crippen LogP) is 3.05. The third-order valence-corrected chi connectivity index (χ3v) is 3.75. The molecule has 0 aliphatic heterocycles. The first-order valence-electron chi connectivity index (χ1n) is 3.72. The SMILES string of the molecule is Cc1nc(C#N)sc1-c1cccs1. The summed E-state index contributed by atoms with van der Waals surface area (Å²) in [5.74, 6) is 0. The van der Waals surface area contributed by atoms with Gasteiger partial charge in [-0.05, 0) is 18.4 Å². The van der Waals surface area contributed by atoms with Gasteiger partial charge in [0.2, 0.25) is 0 Å². The Morgan fingerprint density at radius 3 is 2.92 bits per heavy atom. The monoisotopic (exact) mass is 206 g/mol. The Morgan fingerprint density at radius 2 is 2.38 bits per heavy atom. The Morgan fingerprint density at radius 1 is 1.54 bits per heavy atom. The van der Waals surface area contributed by atoms with E-state index in [-0.39, 0.29) is 0 Å². The van der Waals surface area contributed by atoms with E-state index in [0.29, 0.717) is 5.01 Å². The number of thiazole rings is 1. The fourth-order valence-electron chi connectivity index (χ4n) is 1.08. The first-order chi connectivity index (χ1) is 6.31. The summed E-state index contributed by atoms with van der Waals surface area (Å²) in [6.45, 7) is 1.94. The fourth-order valence-corrected chi connectivity index (χ4v) is 2.85. The molecular formula is C9H6N2S2. The van der Waals surface area contributed by atoms with Gasteiger partial charge in [-0.25, -0.2) is 4.98 Å². The number of rotatable bonds is 1. The second-order valence-corrected chi connectivity index (χ2v) is 4.47. The lowest BCUT2D eigenvalue weighted by molar-refractivity contribution is 1.24. The molecule has 64 valence electrons. The second kappa shape index (κ2) is 3.29. The van der Waals surface area contributed by atoms with Gasteiger partial charge in [-0.2, -0.15) is 5.26 Å². The Balaban J connectivity index is 2.54. The van der Waals surface area contributed by atoms with E-state index in [1.54, 1.807) is 11.3 Å². The molecule has 2 rings (SSSR count). The van der Waals surface area contributed by atoms with Crippen LogP contribution in [0.3, 0.4) is 0 Å². The molecule has 2 heterocycles. The highest BCUT2D eigenvalue weighted by Crippen LogP contribution is 2.32. The Bertz CT molecular complexity index is 448. The summed E-state index contributed by atoms with van der Waals surface area (Å²) in [6, 6.07) is 6.12. The first-order valence-corrected chi connectivity index (χ1v) is 5.42. The molecule has 0 atom stereocenters. The van der Waals surface area contributed by atoms with E-state index in [0.717, 1.165) is 10.6 Å². The van der Waals surface area contributed by atoms with Crippen molar-refractivity contribution in [2.45, 2.75) is 6.92 Å². The van der Waals surface area contributed by atoms with E-state index in [1.807, 2.05) is 24.4 Å². The van der Waals surface area contributed by atoms with Gasteiger partial charge in [-0.3, -0.25) is 0 Å². The highest BCUT2D eigenvalue weighted by molar-refractivity contribution is 7.21. The van der Waals surface area contributed by atoms with Crippen LogP contribution in [0, 0.1) is 18.3 Å². The summed E-state index contributed by atoms with van der Waals surface area (Å²) in [5, 5.41) is 11.2. The molecule has 0 N–H and O–H groups in total. The molecule has 13 heavy (non-hydrogen) atoms. The molecule has 0 saturated carbocycles. The largest absolute Gasteiger partial charge is 0.231 e. The van der Waals surface area contributed by atoms with Crippen LogP contribution in [-0.2, 0) is 0 Å². The molecule has 0 aliphatic carbocycles. The third kappa shape index (κ3) is 1.48. The van der Waals surface area contributed by atoms with E-state index >= 15 is 0 Å². The van der Waals surface area contributed by atoms with E-state index < -0.39 is 0 Å². The van der Waals surface area contributed by atoms with Gasteiger partial charge in [0.1, 0.15) is 6.07 Å². The standard InChI is InChI=1S/C9H6N2S2/c1-6-9(7-3-2-4-12-7)13-8(5-10)11-6/h2-4H,1H3. The topological polar surface area (TPSA) is 36.7 Å². The van der Waals surface area contributed by atoms with Crippen molar-refractivity contribution < 1.29 is 0 Å². The van der Waals surface area contributed by atoms with Crippen LogP contribution >= 0.6 is 22.7 Å². The van der Waals surface area contributed by atoms with Gasteiger partial charge in [0.25, 0.3) is 0 Å². The van der Waals surface area contributed by atoms with Gasteiger partial charge in [0, 0.05) is 4.88 Å². The third-order valence-electron chi connectivity index (χ3n) is 1.64. The van der Waals surface area contributed by atoms with Crippen molar-refractivity contribution in [1.82, 2.24) is 4.98 Å². The number of hydrogen-bond donors (Lipinski definition) is 0. The van der Waals surface area contributed by atoms with Gasteiger partial charge in [0.15, 0.2) is 5.01 Å². The van der Waals surface area contributed by atoms with Crippen molar-refractivity contribution in [2.75, 3.05) is 0 Å². The molecule has 0 spiro atoms. The van der Waals surface area contributed by atoms with Crippen LogP contribution < -0.4 is 0 Å². The predicted molar refractivity (Wildman–Crippen MR) is 54.9 cm³/mol. The van der Waals surface area contributed by atoms with Crippen LogP contribution in [0.4, 0.5) is 0 Å². The van der Waals surface area contributed by atoms with Gasteiger partial charge in [0.05, 0.1) is 10.6 Å². The lowest BCUT2D eigenvalue weighted by Crippen LogP contribution is -1.73. The highest BCUT2D eigenvalue weighted by Gasteiger charge is 2.09. The summed E-state index contributed by atoms with van der Waals surface area (Å²) >= 11 is 3.13. The molecule has 4 heteroatoms. The molecule has 2 nitrogen and oxygen atoms in total. The number of thiophene rings is 1. The second-order valence-electron chi connectivity index (χ2n) is 2.52. The highest BCUT2D eigenvalue weighted by atomic mass is 32.1. The average molecular weight is 206 g/mol. The minimum absolute atomic E-state index is 0.543. The maximum atomic E-state index is 8.67. The fraction of sp³-hybridized carbons (Fsp3) is 0.111. The lowest BCUT2D eigenvalue weighted by Gasteiger charge is -1.89. The normalized spacial score (nSPS) is 9.85. The zero-order valence-electron chi connectivity index (χ0n) is 6.94. The molecule has 0 radical (unpaired) electrons. The van der Waals surface area contributed by atoms with Crippen LogP contribution in [0.25, 0.3) is 9.75 Å². The van der Waals surface area contributed by atoms with Gasteiger partial charge < -0.3 is 0 Å². The molecule has 0 saturated heterocycles. The van der Waals surface area contributed by atoms with E-state index in [1.165, 1.54) is 16.2 Å². The molecule has 0 fully saturated rings. The minimum atomic E-state index is 0.543. The van der Waals surface area contributed by atoms with Crippen LogP contribution in [0.1, 0.15) is 10.7 Å². The van der Waals surface area contributed by atoms with E-state index in [4.69, 9.17) is 5.26 Å². The van der Waals surface area contributed by atoms with Crippen LogP contribution in [0.2, 0.25) is 0 Å². The maximum Gasteiger partial charge on any atom is 0.195 e. The molecule has 2 aromatic rings. The molecule has 0 aliphatic rings. The van der Waals surface area contributed by atoms with Crippen molar-refractivity contribution in [3.63, 3.8) is 0 Å². The zero-order valence-corrected chi connectivity index (χ0v) is 8.58. The molecular weight excluding hydrogens is 200 g/mol. The molecule has 2 aromatic heterocycles.